The summed E-state index contributed by atoms with van der Waals surface area (Å²) in [4.78, 5) is 26.4. The molecule has 128 valence electrons. The molecule has 4 heterocycles. The molecule has 4 rings (SSSR count). The van der Waals surface area contributed by atoms with Crippen LogP contribution in [0.4, 0.5) is 0 Å². The number of pyridine rings is 1. The van der Waals surface area contributed by atoms with Crippen LogP contribution in [0.15, 0.2) is 52.1 Å². The molecule has 5 nitrogen and oxygen atoms in total. The van der Waals surface area contributed by atoms with Crippen molar-refractivity contribution in [3.63, 3.8) is 0 Å². The first-order valence-corrected chi connectivity index (χ1v) is 9.48. The normalized spacial score (nSPS) is 18.3. The molecule has 1 saturated heterocycles. The van der Waals surface area contributed by atoms with E-state index in [2.05, 4.69) is 31.7 Å². The summed E-state index contributed by atoms with van der Waals surface area (Å²) < 4.78 is 0. The van der Waals surface area contributed by atoms with Crippen LogP contribution in [-0.4, -0.2) is 32.9 Å². The third-order valence-electron chi connectivity index (χ3n) is 4.58. The molecule has 1 atom stereocenters. The molecule has 3 aromatic rings. The van der Waals surface area contributed by atoms with Crippen molar-refractivity contribution in [2.75, 3.05) is 13.1 Å². The molecule has 0 saturated carbocycles. The number of nitrogens with zero attached hydrogens (tertiary/aromatic N) is 3. The number of thiophene rings is 1. The van der Waals surface area contributed by atoms with Gasteiger partial charge in [-0.2, -0.15) is 11.3 Å². The van der Waals surface area contributed by atoms with Crippen molar-refractivity contribution < 1.29 is 0 Å². The Morgan fingerprint density at radius 1 is 1.32 bits per heavy atom. The van der Waals surface area contributed by atoms with Gasteiger partial charge in [-0.3, -0.25) is 14.7 Å². The van der Waals surface area contributed by atoms with E-state index in [1.807, 2.05) is 18.2 Å². The highest BCUT2D eigenvalue weighted by Crippen LogP contribution is 2.27. The van der Waals surface area contributed by atoms with Gasteiger partial charge >= 0.3 is 0 Å². The summed E-state index contributed by atoms with van der Waals surface area (Å²) in [5, 5.41) is 4.32. The SMILES string of the molecule is O=c1cc(C2CCCN(Cc3ccsc3)C2)nc(-c2ccccn2)[nH]1. The van der Waals surface area contributed by atoms with Crippen LogP contribution < -0.4 is 5.56 Å². The summed E-state index contributed by atoms with van der Waals surface area (Å²) in [5.74, 6) is 0.843. The maximum absolute atomic E-state index is 12.1. The molecule has 0 spiro atoms. The maximum atomic E-state index is 12.1. The van der Waals surface area contributed by atoms with Crippen molar-refractivity contribution in [3.05, 3.63) is 68.9 Å². The Balaban J connectivity index is 1.56. The molecule has 6 heteroatoms. The Hall–Kier alpha value is -2.31. The summed E-state index contributed by atoms with van der Waals surface area (Å²) in [6.45, 7) is 3.01. The minimum absolute atomic E-state index is 0.111. The molecule has 0 radical (unpaired) electrons. The number of nitrogens with one attached hydrogen (secondary N) is 1. The highest BCUT2D eigenvalue weighted by Gasteiger charge is 2.23. The Kier molecular flexibility index (Phi) is 4.72. The smallest absolute Gasteiger partial charge is 0.251 e. The molecule has 0 aliphatic carbocycles. The molecule has 1 aliphatic heterocycles. The average Bonchev–Trinajstić information content (AvgIpc) is 3.15. The fourth-order valence-electron chi connectivity index (χ4n) is 3.39. The van der Waals surface area contributed by atoms with E-state index in [-0.39, 0.29) is 11.5 Å². The van der Waals surface area contributed by atoms with Gasteiger partial charge in [0.15, 0.2) is 5.82 Å². The van der Waals surface area contributed by atoms with Crippen molar-refractivity contribution in [2.45, 2.75) is 25.3 Å². The van der Waals surface area contributed by atoms with E-state index in [9.17, 15) is 4.79 Å². The van der Waals surface area contributed by atoms with E-state index in [0.717, 1.165) is 38.2 Å². The Labute approximate surface area is 150 Å². The number of H-pyrrole nitrogens is 1. The lowest BCUT2D eigenvalue weighted by molar-refractivity contribution is 0.198. The fourth-order valence-corrected chi connectivity index (χ4v) is 4.05. The highest BCUT2D eigenvalue weighted by molar-refractivity contribution is 7.07. The monoisotopic (exact) mass is 352 g/mol. The van der Waals surface area contributed by atoms with Crippen molar-refractivity contribution in [2.24, 2.45) is 0 Å². The van der Waals surface area contributed by atoms with Crippen LogP contribution in [-0.2, 0) is 6.54 Å². The third-order valence-corrected chi connectivity index (χ3v) is 5.31. The number of hydrogen-bond donors (Lipinski definition) is 1. The van der Waals surface area contributed by atoms with E-state index < -0.39 is 0 Å². The summed E-state index contributed by atoms with van der Waals surface area (Å²) in [5.41, 5.74) is 2.83. The lowest BCUT2D eigenvalue weighted by atomic mass is 9.94. The zero-order chi connectivity index (χ0) is 17.1. The average molecular weight is 352 g/mol. The van der Waals surface area contributed by atoms with Crippen LogP contribution in [0.1, 0.15) is 30.0 Å². The molecule has 0 aromatic carbocycles. The lowest BCUT2D eigenvalue weighted by Gasteiger charge is -2.32. The van der Waals surface area contributed by atoms with Crippen molar-refractivity contribution >= 4 is 11.3 Å². The van der Waals surface area contributed by atoms with Gasteiger partial charge in [0.1, 0.15) is 5.69 Å². The topological polar surface area (TPSA) is 61.9 Å². The second kappa shape index (κ2) is 7.29. The molecule has 25 heavy (non-hydrogen) atoms. The summed E-state index contributed by atoms with van der Waals surface area (Å²) in [6, 6.07) is 9.45. The minimum Gasteiger partial charge on any atom is -0.305 e. The lowest BCUT2D eigenvalue weighted by Crippen LogP contribution is -2.34. The first kappa shape index (κ1) is 16.2. The molecular formula is C19H20N4OS. The number of piperidine rings is 1. The molecular weight excluding hydrogens is 332 g/mol. The van der Waals surface area contributed by atoms with Gasteiger partial charge in [-0.05, 0) is 53.9 Å². The van der Waals surface area contributed by atoms with Gasteiger partial charge < -0.3 is 4.98 Å². The molecule has 0 amide bonds. The van der Waals surface area contributed by atoms with Crippen LogP contribution >= 0.6 is 11.3 Å². The fraction of sp³-hybridized carbons (Fsp3) is 0.316. The minimum atomic E-state index is -0.111. The molecule has 1 unspecified atom stereocenters. The standard InChI is InChI=1S/C19H20N4OS/c24-18-10-17(21-19(22-18)16-5-1-2-7-20-16)15-4-3-8-23(12-15)11-14-6-9-25-13-14/h1-2,5-7,9-10,13,15H,3-4,8,11-12H2,(H,21,22,24). The van der Waals surface area contributed by atoms with Crippen LogP contribution in [0, 0.1) is 0 Å². The van der Waals surface area contributed by atoms with Gasteiger partial charge in [0.25, 0.3) is 5.56 Å². The van der Waals surface area contributed by atoms with Crippen molar-refractivity contribution in [1.29, 1.82) is 0 Å². The molecule has 0 bridgehead atoms. The van der Waals surface area contributed by atoms with Gasteiger partial charge in [-0.1, -0.05) is 6.07 Å². The van der Waals surface area contributed by atoms with Gasteiger partial charge in [0.05, 0.1) is 5.69 Å². The Morgan fingerprint density at radius 3 is 3.08 bits per heavy atom. The molecule has 3 aromatic heterocycles. The van der Waals surface area contributed by atoms with Crippen LogP contribution in [0.2, 0.25) is 0 Å². The Bertz CT molecular complexity index is 876. The van der Waals surface area contributed by atoms with Crippen molar-refractivity contribution in [3.8, 4) is 11.5 Å². The molecule has 1 aliphatic rings. The van der Waals surface area contributed by atoms with E-state index in [4.69, 9.17) is 4.98 Å². The predicted octanol–water partition coefficient (Wildman–Crippen LogP) is 3.27. The number of aromatic nitrogens is 3. The number of likely N-dealkylation sites (tertiary alicyclic amines) is 1. The zero-order valence-electron chi connectivity index (χ0n) is 13.9. The van der Waals surface area contributed by atoms with Gasteiger partial charge in [-0.25, -0.2) is 4.98 Å². The summed E-state index contributed by atoms with van der Waals surface area (Å²) in [6.07, 6.45) is 3.91. The van der Waals surface area contributed by atoms with E-state index in [0.29, 0.717) is 11.5 Å². The van der Waals surface area contributed by atoms with E-state index >= 15 is 0 Å². The van der Waals surface area contributed by atoms with Gasteiger partial charge in [0.2, 0.25) is 0 Å². The van der Waals surface area contributed by atoms with E-state index in [1.54, 1.807) is 23.6 Å². The first-order chi connectivity index (χ1) is 12.3. The second-order valence-electron chi connectivity index (χ2n) is 6.44. The summed E-state index contributed by atoms with van der Waals surface area (Å²) >= 11 is 1.74. The number of aromatic amines is 1. The van der Waals surface area contributed by atoms with Crippen molar-refractivity contribution in [1.82, 2.24) is 19.9 Å². The third kappa shape index (κ3) is 3.86. The number of rotatable bonds is 4. The van der Waals surface area contributed by atoms with Crippen LogP contribution in [0.3, 0.4) is 0 Å². The van der Waals surface area contributed by atoms with Gasteiger partial charge in [-0.15, -0.1) is 0 Å². The first-order valence-electron chi connectivity index (χ1n) is 8.54. The summed E-state index contributed by atoms with van der Waals surface area (Å²) in [7, 11) is 0. The number of hydrogen-bond acceptors (Lipinski definition) is 5. The Morgan fingerprint density at radius 2 is 2.28 bits per heavy atom. The van der Waals surface area contributed by atoms with Crippen LogP contribution in [0.25, 0.3) is 11.5 Å². The maximum Gasteiger partial charge on any atom is 0.251 e. The van der Waals surface area contributed by atoms with Gasteiger partial charge in [0, 0.05) is 31.3 Å². The quantitative estimate of drug-likeness (QED) is 0.783. The van der Waals surface area contributed by atoms with E-state index in [1.165, 1.54) is 5.56 Å². The van der Waals surface area contributed by atoms with Crippen LogP contribution in [0.5, 0.6) is 0 Å². The zero-order valence-corrected chi connectivity index (χ0v) is 14.7. The molecule has 1 fully saturated rings. The highest BCUT2D eigenvalue weighted by atomic mass is 32.1. The largest absolute Gasteiger partial charge is 0.305 e. The second-order valence-corrected chi connectivity index (χ2v) is 7.22. The predicted molar refractivity (Wildman–Crippen MR) is 99.7 cm³/mol. The molecule has 1 N–H and O–H groups in total.